The van der Waals surface area contributed by atoms with E-state index in [9.17, 15) is 4.79 Å². The van der Waals surface area contributed by atoms with Gasteiger partial charge in [0.1, 0.15) is 12.4 Å². The lowest BCUT2D eigenvalue weighted by atomic mass is 10.1. The number of aryl methyl sites for hydroxylation is 2. The largest absolute Gasteiger partial charge is 0.492 e. The van der Waals surface area contributed by atoms with Crippen LogP contribution in [0.25, 0.3) is 0 Å². The molecular weight excluding hydrogens is 264 g/mol. The minimum absolute atomic E-state index is 0.0337. The van der Waals surface area contributed by atoms with Crippen molar-refractivity contribution >= 4 is 5.91 Å². The molecule has 2 aromatic rings. The Bertz CT molecular complexity index is 553. The monoisotopic (exact) mass is 284 g/mol. The van der Waals surface area contributed by atoms with Crippen LogP contribution in [0.3, 0.4) is 0 Å². The SMILES string of the molecule is Cc1ccc(OCCNC(=O)CCc2cccnc2)cc1. The molecule has 4 heteroatoms. The number of carbonyl (C=O) groups excluding carboxylic acids is 1. The molecule has 0 unspecified atom stereocenters. The van der Waals surface area contributed by atoms with Gasteiger partial charge in [0.25, 0.3) is 0 Å². The van der Waals surface area contributed by atoms with E-state index in [1.165, 1.54) is 5.56 Å². The molecule has 4 nitrogen and oxygen atoms in total. The van der Waals surface area contributed by atoms with Gasteiger partial charge in [-0.2, -0.15) is 0 Å². The quantitative estimate of drug-likeness (QED) is 0.795. The molecule has 1 heterocycles. The van der Waals surface area contributed by atoms with E-state index in [1.807, 2.05) is 43.3 Å². The second kappa shape index (κ2) is 8.04. The average Bonchev–Trinajstić information content (AvgIpc) is 2.52. The zero-order valence-corrected chi connectivity index (χ0v) is 12.2. The number of rotatable bonds is 7. The van der Waals surface area contributed by atoms with Gasteiger partial charge in [0, 0.05) is 18.8 Å². The van der Waals surface area contributed by atoms with Gasteiger partial charge in [-0.1, -0.05) is 23.8 Å². The molecule has 0 aliphatic carbocycles. The summed E-state index contributed by atoms with van der Waals surface area (Å²) in [5, 5.41) is 2.85. The van der Waals surface area contributed by atoms with Crippen molar-refractivity contribution in [1.82, 2.24) is 10.3 Å². The number of nitrogens with zero attached hydrogens (tertiary/aromatic N) is 1. The standard InChI is InChI=1S/C17H20N2O2/c1-14-4-7-16(8-5-14)21-12-11-19-17(20)9-6-15-3-2-10-18-13-15/h2-5,7-8,10,13H,6,9,11-12H2,1H3,(H,19,20). The second-order valence-corrected chi connectivity index (χ2v) is 4.87. The minimum Gasteiger partial charge on any atom is -0.492 e. The van der Waals surface area contributed by atoms with Crippen molar-refractivity contribution in [2.24, 2.45) is 0 Å². The summed E-state index contributed by atoms with van der Waals surface area (Å²) in [5.74, 6) is 0.858. The number of ether oxygens (including phenoxy) is 1. The highest BCUT2D eigenvalue weighted by atomic mass is 16.5. The number of aromatic nitrogens is 1. The Morgan fingerprint density at radius 3 is 2.76 bits per heavy atom. The number of carbonyl (C=O) groups is 1. The van der Waals surface area contributed by atoms with E-state index < -0.39 is 0 Å². The number of amides is 1. The Morgan fingerprint density at radius 1 is 1.24 bits per heavy atom. The topological polar surface area (TPSA) is 51.2 Å². The maximum atomic E-state index is 11.7. The molecule has 21 heavy (non-hydrogen) atoms. The first-order chi connectivity index (χ1) is 10.2. The fourth-order valence-electron chi connectivity index (χ4n) is 1.89. The molecule has 0 saturated carbocycles. The summed E-state index contributed by atoms with van der Waals surface area (Å²) in [5.41, 5.74) is 2.27. The first-order valence-electron chi connectivity index (χ1n) is 7.09. The van der Waals surface area contributed by atoms with E-state index >= 15 is 0 Å². The molecule has 0 bridgehead atoms. The van der Waals surface area contributed by atoms with Crippen molar-refractivity contribution in [3.63, 3.8) is 0 Å². The van der Waals surface area contributed by atoms with Gasteiger partial charge in [-0.05, 0) is 37.1 Å². The lowest BCUT2D eigenvalue weighted by molar-refractivity contribution is -0.121. The van der Waals surface area contributed by atoms with Crippen LogP contribution in [0, 0.1) is 6.92 Å². The van der Waals surface area contributed by atoms with Crippen LogP contribution in [0.5, 0.6) is 5.75 Å². The van der Waals surface area contributed by atoms with Crippen LogP contribution in [-0.4, -0.2) is 24.0 Å². The molecular formula is C17H20N2O2. The third-order valence-electron chi connectivity index (χ3n) is 3.08. The summed E-state index contributed by atoms with van der Waals surface area (Å²) in [6, 6.07) is 11.7. The van der Waals surface area contributed by atoms with Crippen LogP contribution in [0.2, 0.25) is 0 Å². The maximum Gasteiger partial charge on any atom is 0.220 e. The average molecular weight is 284 g/mol. The summed E-state index contributed by atoms with van der Waals surface area (Å²) in [6.45, 7) is 3.02. The Morgan fingerprint density at radius 2 is 2.05 bits per heavy atom. The zero-order chi connectivity index (χ0) is 14.9. The molecule has 0 spiro atoms. The van der Waals surface area contributed by atoms with Crippen molar-refractivity contribution in [1.29, 1.82) is 0 Å². The lowest BCUT2D eigenvalue weighted by Gasteiger charge is -2.08. The maximum absolute atomic E-state index is 11.7. The molecule has 2 rings (SSSR count). The van der Waals surface area contributed by atoms with E-state index in [0.29, 0.717) is 26.0 Å². The zero-order valence-electron chi connectivity index (χ0n) is 12.2. The number of pyridine rings is 1. The van der Waals surface area contributed by atoms with Gasteiger partial charge in [0.15, 0.2) is 0 Å². The molecule has 1 amide bonds. The third-order valence-corrected chi connectivity index (χ3v) is 3.08. The highest BCUT2D eigenvalue weighted by molar-refractivity contribution is 5.76. The van der Waals surface area contributed by atoms with Crippen molar-refractivity contribution in [2.45, 2.75) is 19.8 Å². The molecule has 1 aromatic heterocycles. The summed E-state index contributed by atoms with van der Waals surface area (Å²) in [7, 11) is 0. The van der Waals surface area contributed by atoms with Gasteiger partial charge in [0.05, 0.1) is 6.54 Å². The van der Waals surface area contributed by atoms with E-state index in [4.69, 9.17) is 4.74 Å². The fraction of sp³-hybridized carbons (Fsp3) is 0.294. The predicted octanol–water partition coefficient (Wildman–Crippen LogP) is 2.52. The first kappa shape index (κ1) is 15.0. The van der Waals surface area contributed by atoms with Crippen LogP contribution in [-0.2, 0) is 11.2 Å². The summed E-state index contributed by atoms with van der Waals surface area (Å²) >= 11 is 0. The molecule has 0 saturated heterocycles. The summed E-state index contributed by atoms with van der Waals surface area (Å²) in [6.07, 6.45) is 4.69. The summed E-state index contributed by atoms with van der Waals surface area (Å²) < 4.78 is 5.55. The molecule has 0 radical (unpaired) electrons. The van der Waals surface area contributed by atoms with Gasteiger partial charge in [0.2, 0.25) is 5.91 Å². The Kier molecular flexibility index (Phi) is 5.76. The van der Waals surface area contributed by atoms with Crippen molar-refractivity contribution < 1.29 is 9.53 Å². The Balaban J connectivity index is 1.60. The highest BCUT2D eigenvalue weighted by Crippen LogP contribution is 2.10. The van der Waals surface area contributed by atoms with E-state index in [1.54, 1.807) is 12.4 Å². The summed E-state index contributed by atoms with van der Waals surface area (Å²) in [4.78, 5) is 15.7. The van der Waals surface area contributed by atoms with Crippen molar-refractivity contribution in [3.8, 4) is 5.75 Å². The Hall–Kier alpha value is -2.36. The first-order valence-corrected chi connectivity index (χ1v) is 7.09. The van der Waals surface area contributed by atoms with Crippen LogP contribution in [0.15, 0.2) is 48.8 Å². The molecule has 0 atom stereocenters. The third kappa shape index (κ3) is 5.65. The van der Waals surface area contributed by atoms with E-state index in [0.717, 1.165) is 11.3 Å². The van der Waals surface area contributed by atoms with Crippen molar-refractivity contribution in [3.05, 3.63) is 59.9 Å². The van der Waals surface area contributed by atoms with Gasteiger partial charge in [-0.25, -0.2) is 0 Å². The smallest absolute Gasteiger partial charge is 0.220 e. The minimum atomic E-state index is 0.0337. The van der Waals surface area contributed by atoms with E-state index in [2.05, 4.69) is 10.3 Å². The van der Waals surface area contributed by atoms with Gasteiger partial charge < -0.3 is 10.1 Å². The number of nitrogens with one attached hydrogen (secondary N) is 1. The van der Waals surface area contributed by atoms with Crippen molar-refractivity contribution in [2.75, 3.05) is 13.2 Å². The molecule has 0 aliphatic rings. The van der Waals surface area contributed by atoms with E-state index in [-0.39, 0.29) is 5.91 Å². The number of benzene rings is 1. The lowest BCUT2D eigenvalue weighted by Crippen LogP contribution is -2.28. The molecule has 0 fully saturated rings. The normalized spacial score (nSPS) is 10.1. The number of hydrogen-bond donors (Lipinski definition) is 1. The fourth-order valence-corrected chi connectivity index (χ4v) is 1.89. The van der Waals surface area contributed by atoms with Crippen LogP contribution < -0.4 is 10.1 Å². The molecule has 110 valence electrons. The van der Waals surface area contributed by atoms with Gasteiger partial charge in [-0.3, -0.25) is 9.78 Å². The predicted molar refractivity (Wildman–Crippen MR) is 82.2 cm³/mol. The number of hydrogen-bond acceptors (Lipinski definition) is 3. The van der Waals surface area contributed by atoms with Gasteiger partial charge in [-0.15, -0.1) is 0 Å². The highest BCUT2D eigenvalue weighted by Gasteiger charge is 2.02. The van der Waals surface area contributed by atoms with Crippen LogP contribution in [0.1, 0.15) is 17.5 Å². The molecule has 1 aromatic carbocycles. The molecule has 0 aliphatic heterocycles. The second-order valence-electron chi connectivity index (χ2n) is 4.87. The Labute approximate surface area is 125 Å². The molecule has 1 N–H and O–H groups in total. The van der Waals surface area contributed by atoms with Gasteiger partial charge >= 0.3 is 0 Å². The van der Waals surface area contributed by atoms with Crippen LogP contribution >= 0.6 is 0 Å². The van der Waals surface area contributed by atoms with Crippen LogP contribution in [0.4, 0.5) is 0 Å².